The lowest BCUT2D eigenvalue weighted by atomic mass is 10.1. The van der Waals surface area contributed by atoms with Crippen molar-refractivity contribution >= 4 is 44.9 Å². The number of ether oxygens (including phenoxy) is 1. The largest absolute Gasteiger partial charge is 0.491 e. The van der Waals surface area contributed by atoms with Gasteiger partial charge in [-0.05, 0) is 67.4 Å². The second-order valence-electron chi connectivity index (χ2n) is 6.81. The van der Waals surface area contributed by atoms with Gasteiger partial charge in [-0.15, -0.1) is 0 Å². The molecule has 0 saturated heterocycles. The Labute approximate surface area is 190 Å². The minimum atomic E-state index is -0.269. The lowest BCUT2D eigenvalue weighted by Crippen LogP contribution is -2.34. The Balaban J connectivity index is 1.53. The van der Waals surface area contributed by atoms with Gasteiger partial charge in [-0.2, -0.15) is 0 Å². The number of thiocarbonyl (C=S) groups is 1. The van der Waals surface area contributed by atoms with E-state index in [1.165, 1.54) is 5.56 Å². The van der Waals surface area contributed by atoms with E-state index in [1.54, 1.807) is 12.1 Å². The molecule has 2 N–H and O–H groups in total. The van der Waals surface area contributed by atoms with Gasteiger partial charge in [0.2, 0.25) is 0 Å². The molecule has 4 nitrogen and oxygen atoms in total. The molecule has 30 heavy (non-hydrogen) atoms. The first-order valence-electron chi connectivity index (χ1n) is 9.67. The number of anilines is 1. The van der Waals surface area contributed by atoms with Crippen LogP contribution in [0.25, 0.3) is 0 Å². The normalized spacial score (nSPS) is 10.3. The van der Waals surface area contributed by atoms with E-state index in [4.69, 9.17) is 17.0 Å². The Hall–Kier alpha value is -2.70. The summed E-state index contributed by atoms with van der Waals surface area (Å²) in [7, 11) is 0. The second-order valence-corrected chi connectivity index (χ2v) is 8.07. The third-order valence-corrected chi connectivity index (χ3v) is 5.56. The first-order valence-corrected chi connectivity index (χ1v) is 10.9. The van der Waals surface area contributed by atoms with Gasteiger partial charge in [0.15, 0.2) is 5.11 Å². The number of halogens is 1. The summed E-state index contributed by atoms with van der Waals surface area (Å²) in [6, 6.07) is 23.3. The van der Waals surface area contributed by atoms with Crippen LogP contribution in [0.4, 0.5) is 5.69 Å². The van der Waals surface area contributed by atoms with Crippen molar-refractivity contribution in [2.75, 3.05) is 11.9 Å². The molecule has 1 amide bonds. The number of amides is 1. The highest BCUT2D eigenvalue weighted by molar-refractivity contribution is 9.10. The fourth-order valence-electron chi connectivity index (χ4n) is 2.86. The van der Waals surface area contributed by atoms with E-state index in [1.807, 2.05) is 55.5 Å². The zero-order valence-corrected chi connectivity index (χ0v) is 19.1. The van der Waals surface area contributed by atoms with Crippen molar-refractivity contribution < 1.29 is 9.53 Å². The molecule has 154 valence electrons. The predicted octanol–water partition coefficient (Wildman–Crippen LogP) is 5.90. The summed E-state index contributed by atoms with van der Waals surface area (Å²) in [4.78, 5) is 12.4. The van der Waals surface area contributed by atoms with Gasteiger partial charge in [0.1, 0.15) is 5.75 Å². The topological polar surface area (TPSA) is 50.4 Å². The summed E-state index contributed by atoms with van der Waals surface area (Å²) >= 11 is 8.76. The van der Waals surface area contributed by atoms with E-state index in [0.29, 0.717) is 23.6 Å². The van der Waals surface area contributed by atoms with E-state index < -0.39 is 0 Å². The van der Waals surface area contributed by atoms with Gasteiger partial charge in [0.25, 0.3) is 5.91 Å². The molecule has 0 radical (unpaired) electrons. The smallest absolute Gasteiger partial charge is 0.257 e. The maximum Gasteiger partial charge on any atom is 0.257 e. The molecule has 0 bridgehead atoms. The number of benzene rings is 3. The van der Waals surface area contributed by atoms with Crippen LogP contribution < -0.4 is 15.4 Å². The number of nitrogens with one attached hydrogen (secondary N) is 2. The Bertz CT molecular complexity index is 1020. The van der Waals surface area contributed by atoms with E-state index in [-0.39, 0.29) is 11.0 Å². The number of rotatable bonds is 7. The average molecular weight is 483 g/mol. The van der Waals surface area contributed by atoms with Crippen LogP contribution in [0.2, 0.25) is 0 Å². The third-order valence-electron chi connectivity index (χ3n) is 4.51. The monoisotopic (exact) mass is 482 g/mol. The van der Waals surface area contributed by atoms with Crippen molar-refractivity contribution in [2.45, 2.75) is 19.8 Å². The molecule has 0 aliphatic heterocycles. The molecule has 3 rings (SSSR count). The van der Waals surface area contributed by atoms with Crippen LogP contribution in [0.5, 0.6) is 5.75 Å². The van der Waals surface area contributed by atoms with Crippen LogP contribution in [0.1, 0.15) is 27.9 Å². The molecule has 3 aromatic carbocycles. The molecule has 0 aliphatic rings. The summed E-state index contributed by atoms with van der Waals surface area (Å²) in [6.45, 7) is 2.55. The number of carbonyl (C=O) groups is 1. The molecule has 0 saturated carbocycles. The molecular formula is C24H23BrN2O2S. The second kappa shape index (κ2) is 10.9. The number of hydrogen-bond donors (Lipinski definition) is 2. The van der Waals surface area contributed by atoms with E-state index in [9.17, 15) is 4.79 Å². The minimum absolute atomic E-state index is 0.219. The Morgan fingerprint density at radius 2 is 1.77 bits per heavy atom. The van der Waals surface area contributed by atoms with Crippen molar-refractivity contribution in [3.8, 4) is 5.75 Å². The summed E-state index contributed by atoms with van der Waals surface area (Å²) in [5, 5.41) is 5.99. The highest BCUT2D eigenvalue weighted by Gasteiger charge is 2.11. The molecule has 0 heterocycles. The van der Waals surface area contributed by atoms with Crippen LogP contribution in [-0.4, -0.2) is 17.6 Å². The average Bonchev–Trinajstić information content (AvgIpc) is 2.75. The van der Waals surface area contributed by atoms with Gasteiger partial charge >= 0.3 is 0 Å². The third kappa shape index (κ3) is 6.40. The van der Waals surface area contributed by atoms with E-state index >= 15 is 0 Å². The fraction of sp³-hybridized carbons (Fsp3) is 0.167. The predicted molar refractivity (Wildman–Crippen MR) is 129 cm³/mol. The molecule has 0 aromatic heterocycles. The standard InChI is InChI=1S/C24H23BrN2O2S/c1-17-13-14-19(16-20(17)25)23(28)27-24(30)26-21-11-5-6-12-22(21)29-15-7-10-18-8-3-2-4-9-18/h2-6,8-9,11-14,16H,7,10,15H2,1H3,(H2,26,27,28,30). The van der Waals surface area contributed by atoms with E-state index in [0.717, 1.165) is 22.9 Å². The molecule has 6 heteroatoms. The Morgan fingerprint density at radius 1 is 1.03 bits per heavy atom. The van der Waals surface area contributed by atoms with Gasteiger partial charge in [-0.3, -0.25) is 10.1 Å². The summed E-state index contributed by atoms with van der Waals surface area (Å²) in [5.74, 6) is 0.426. The van der Waals surface area contributed by atoms with Gasteiger partial charge in [-0.25, -0.2) is 0 Å². The van der Waals surface area contributed by atoms with Crippen molar-refractivity contribution in [3.05, 3.63) is 94.0 Å². The molecular weight excluding hydrogens is 460 g/mol. The first-order chi connectivity index (χ1) is 14.5. The zero-order chi connectivity index (χ0) is 21.3. The highest BCUT2D eigenvalue weighted by Crippen LogP contribution is 2.24. The number of carbonyl (C=O) groups excluding carboxylic acids is 1. The van der Waals surface area contributed by atoms with Crippen LogP contribution in [-0.2, 0) is 6.42 Å². The van der Waals surface area contributed by atoms with Crippen molar-refractivity contribution in [1.82, 2.24) is 5.32 Å². The Morgan fingerprint density at radius 3 is 2.53 bits per heavy atom. The summed E-state index contributed by atoms with van der Waals surface area (Å²) < 4.78 is 6.82. The molecule has 0 unspecified atom stereocenters. The minimum Gasteiger partial charge on any atom is -0.491 e. The van der Waals surface area contributed by atoms with Crippen LogP contribution in [0, 0.1) is 6.92 Å². The summed E-state index contributed by atoms with van der Waals surface area (Å²) in [5.41, 5.74) is 3.60. The van der Waals surface area contributed by atoms with Crippen LogP contribution in [0.15, 0.2) is 77.3 Å². The number of para-hydroxylation sites is 2. The number of aryl methyl sites for hydroxylation is 2. The van der Waals surface area contributed by atoms with Crippen molar-refractivity contribution in [3.63, 3.8) is 0 Å². The quantitative estimate of drug-likeness (QED) is 0.325. The first kappa shape index (κ1) is 22.0. The lowest BCUT2D eigenvalue weighted by molar-refractivity contribution is 0.0977. The maximum absolute atomic E-state index is 12.4. The molecule has 0 atom stereocenters. The van der Waals surface area contributed by atoms with Gasteiger partial charge in [-0.1, -0.05) is 64.5 Å². The molecule has 0 aliphatic carbocycles. The van der Waals surface area contributed by atoms with Crippen molar-refractivity contribution in [2.24, 2.45) is 0 Å². The van der Waals surface area contributed by atoms with E-state index in [2.05, 4.69) is 38.7 Å². The van der Waals surface area contributed by atoms with Crippen molar-refractivity contribution in [1.29, 1.82) is 0 Å². The zero-order valence-electron chi connectivity index (χ0n) is 16.7. The molecule has 0 spiro atoms. The maximum atomic E-state index is 12.4. The fourth-order valence-corrected chi connectivity index (χ4v) is 3.44. The van der Waals surface area contributed by atoms with Crippen LogP contribution >= 0.6 is 28.1 Å². The number of hydrogen-bond acceptors (Lipinski definition) is 3. The molecule has 0 fully saturated rings. The highest BCUT2D eigenvalue weighted by atomic mass is 79.9. The van der Waals surface area contributed by atoms with Gasteiger partial charge in [0.05, 0.1) is 12.3 Å². The lowest BCUT2D eigenvalue weighted by Gasteiger charge is -2.14. The SMILES string of the molecule is Cc1ccc(C(=O)NC(=S)Nc2ccccc2OCCCc2ccccc2)cc1Br. The van der Waals surface area contributed by atoms with Crippen LogP contribution in [0.3, 0.4) is 0 Å². The summed E-state index contributed by atoms with van der Waals surface area (Å²) in [6.07, 6.45) is 1.86. The Kier molecular flexibility index (Phi) is 7.99. The molecule has 3 aromatic rings. The van der Waals surface area contributed by atoms with Gasteiger partial charge in [0, 0.05) is 10.0 Å². The van der Waals surface area contributed by atoms with Gasteiger partial charge < -0.3 is 10.1 Å².